The molecule has 13 heteroatoms. The second kappa shape index (κ2) is 19.2. The molecule has 1 heterocycles. The van der Waals surface area contributed by atoms with Crippen LogP contribution in [0.3, 0.4) is 0 Å². The number of aliphatic hydroxyl groups excluding tert-OH is 2. The van der Waals surface area contributed by atoms with Crippen molar-refractivity contribution >= 4 is 17.5 Å². The van der Waals surface area contributed by atoms with E-state index in [0.717, 1.165) is 42.4 Å². The number of allylic oxidation sites excluding steroid dienone is 1. The Hall–Kier alpha value is -5.24. The highest BCUT2D eigenvalue weighted by atomic mass is 16.7. The van der Waals surface area contributed by atoms with E-state index in [2.05, 4.69) is 12.7 Å². The number of amides is 1. The molecule has 0 bridgehead atoms. The number of hydrogen-bond donors (Lipinski definition) is 2. The number of non-ortho nitro benzene ring substituents is 1. The minimum absolute atomic E-state index is 0.00437. The van der Waals surface area contributed by atoms with Gasteiger partial charge in [-0.15, -0.1) is 6.58 Å². The lowest BCUT2D eigenvalue weighted by atomic mass is 9.55. The van der Waals surface area contributed by atoms with Crippen LogP contribution in [0, 0.1) is 27.9 Å². The van der Waals surface area contributed by atoms with E-state index < -0.39 is 34.4 Å². The molecule has 316 valence electrons. The predicted molar refractivity (Wildman–Crippen MR) is 223 cm³/mol. The van der Waals surface area contributed by atoms with Crippen molar-refractivity contribution in [2.45, 2.75) is 95.7 Å². The number of nitrogens with zero attached hydrogens (tertiary/aromatic N) is 3. The maximum absolute atomic E-state index is 14.1. The van der Waals surface area contributed by atoms with Crippen molar-refractivity contribution < 1.29 is 43.7 Å². The van der Waals surface area contributed by atoms with E-state index in [1.807, 2.05) is 63.2 Å². The number of rotatable bonds is 18. The normalized spacial score (nSPS) is 23.9. The number of ether oxygens (including phenoxy) is 4. The second-order valence-electron chi connectivity index (χ2n) is 16.5. The van der Waals surface area contributed by atoms with E-state index in [9.17, 15) is 25.1 Å². The molecule has 6 rings (SSSR count). The number of oxime groups is 1. The number of carbonyl (C=O) groups is 1. The molecule has 13 nitrogen and oxygen atoms in total. The quantitative estimate of drug-likeness (QED) is 0.0549. The Labute approximate surface area is 346 Å². The fourth-order valence-corrected chi connectivity index (χ4v) is 8.73. The van der Waals surface area contributed by atoms with Crippen molar-refractivity contribution in [3.05, 3.63) is 118 Å². The Morgan fingerprint density at radius 2 is 1.75 bits per heavy atom. The summed E-state index contributed by atoms with van der Waals surface area (Å²) < 4.78 is 26.3. The molecule has 1 aliphatic heterocycles. The van der Waals surface area contributed by atoms with Crippen LogP contribution in [0.2, 0.25) is 0 Å². The first-order valence-corrected chi connectivity index (χ1v) is 20.5. The van der Waals surface area contributed by atoms with E-state index in [0.29, 0.717) is 35.8 Å². The van der Waals surface area contributed by atoms with Crippen LogP contribution in [0.5, 0.6) is 17.2 Å². The highest BCUT2D eigenvalue weighted by Crippen LogP contribution is 2.62. The average molecular weight is 812 g/mol. The third-order valence-electron chi connectivity index (χ3n) is 11.3. The largest absolute Gasteiger partial charge is 0.459 e. The maximum Gasteiger partial charge on any atom is 0.410 e. The van der Waals surface area contributed by atoms with E-state index >= 15 is 0 Å². The summed E-state index contributed by atoms with van der Waals surface area (Å²) in [6.45, 7) is 10.1. The Morgan fingerprint density at radius 3 is 2.44 bits per heavy atom. The van der Waals surface area contributed by atoms with Gasteiger partial charge in [-0.25, -0.2) is 4.79 Å². The van der Waals surface area contributed by atoms with Crippen LogP contribution in [0.1, 0.15) is 82.8 Å². The molecule has 0 saturated heterocycles. The lowest BCUT2D eigenvalue weighted by Gasteiger charge is -2.59. The molecule has 3 aliphatic rings. The van der Waals surface area contributed by atoms with Gasteiger partial charge in [-0.05, 0) is 93.7 Å². The van der Waals surface area contributed by atoms with Crippen LogP contribution in [-0.4, -0.2) is 76.1 Å². The molecule has 2 aliphatic carbocycles. The summed E-state index contributed by atoms with van der Waals surface area (Å²) in [4.78, 5) is 33.0. The summed E-state index contributed by atoms with van der Waals surface area (Å²) in [7, 11) is 1.69. The van der Waals surface area contributed by atoms with Crippen molar-refractivity contribution in [2.24, 2.45) is 22.9 Å². The summed E-state index contributed by atoms with van der Waals surface area (Å²) in [6, 6.07) is 20.3. The van der Waals surface area contributed by atoms with Crippen LogP contribution in [0.15, 0.2) is 102 Å². The number of aliphatic hydroxyl groups is 2. The van der Waals surface area contributed by atoms with Crippen molar-refractivity contribution in [3.63, 3.8) is 0 Å². The Bertz CT molecular complexity index is 2000. The SMILES string of the molecule is C=CCOC12Oc3ccc(Oc4cccc([N+](=O)[O-])c4)cc3C3C(CCCCO)C(CCCCO)C=C(C(=NOC(C)(C)C)CC1N(C)C(=O)OCc1ccccc1)C32. The highest BCUT2D eigenvalue weighted by Gasteiger charge is 2.65. The first-order valence-electron chi connectivity index (χ1n) is 20.5. The second-order valence-corrected chi connectivity index (χ2v) is 16.5. The van der Waals surface area contributed by atoms with Gasteiger partial charge in [0.1, 0.15) is 35.5 Å². The van der Waals surface area contributed by atoms with Gasteiger partial charge in [0.05, 0.1) is 29.2 Å². The molecule has 0 spiro atoms. The summed E-state index contributed by atoms with van der Waals surface area (Å²) in [5.41, 5.74) is 2.55. The van der Waals surface area contributed by atoms with Gasteiger partial charge in [0.25, 0.3) is 5.69 Å². The van der Waals surface area contributed by atoms with E-state index in [4.69, 9.17) is 28.9 Å². The number of hydrogen-bond acceptors (Lipinski definition) is 11. The molecule has 3 aromatic carbocycles. The maximum atomic E-state index is 14.1. The van der Waals surface area contributed by atoms with Gasteiger partial charge < -0.3 is 38.9 Å². The van der Waals surface area contributed by atoms with Gasteiger partial charge in [0, 0.05) is 44.2 Å². The standard InChI is InChI=1S/C46H57N3O10/c1-6-25-56-46-41(48(5)44(52)55-30-31-15-8-7-9-16-31)29-39(47-59-45(2,3)4)37-26-32(17-10-12-23-50)36(20-11-13-24-51)42(43(37)46)38-28-35(21-22-40(38)58-46)57-34-19-14-18-33(27-34)49(53)54/h6-9,14-16,18-19,21-22,26-28,32,36,41-43,50-51H,1,10-13,17,20,23-25,29-30H2,2-5H3. The third kappa shape index (κ3) is 9.97. The summed E-state index contributed by atoms with van der Waals surface area (Å²) in [5.74, 6) is -0.909. The van der Waals surface area contributed by atoms with Crippen LogP contribution in [0.25, 0.3) is 0 Å². The number of benzene rings is 3. The molecule has 59 heavy (non-hydrogen) atoms. The van der Waals surface area contributed by atoms with Crippen LogP contribution < -0.4 is 9.47 Å². The number of fused-ring (bicyclic) bond motifs is 2. The smallest absolute Gasteiger partial charge is 0.410 e. The first-order chi connectivity index (χ1) is 28.4. The zero-order chi connectivity index (χ0) is 42.2. The number of likely N-dealkylation sites (N-methyl/N-ethyl adjacent to an activating group) is 1. The van der Waals surface area contributed by atoms with E-state index in [-0.39, 0.29) is 56.3 Å². The molecule has 6 unspecified atom stereocenters. The van der Waals surface area contributed by atoms with E-state index in [1.54, 1.807) is 36.2 Å². The molecule has 3 aromatic rings. The minimum atomic E-state index is -1.45. The fraction of sp³-hybridized carbons (Fsp3) is 0.478. The monoisotopic (exact) mass is 811 g/mol. The van der Waals surface area contributed by atoms with Crippen molar-refractivity contribution in [1.29, 1.82) is 0 Å². The lowest BCUT2D eigenvalue weighted by molar-refractivity contribution is -0.384. The summed E-state index contributed by atoms with van der Waals surface area (Å²) >= 11 is 0. The number of unbranched alkanes of at least 4 members (excludes halogenated alkanes) is 2. The molecule has 1 fully saturated rings. The van der Waals surface area contributed by atoms with Gasteiger partial charge in [0.2, 0.25) is 5.79 Å². The number of nitro groups is 1. The Morgan fingerprint density at radius 1 is 1.02 bits per heavy atom. The van der Waals surface area contributed by atoms with E-state index in [1.165, 1.54) is 12.1 Å². The predicted octanol–water partition coefficient (Wildman–Crippen LogP) is 9.09. The highest BCUT2D eigenvalue weighted by molar-refractivity contribution is 6.03. The topological polar surface area (TPSA) is 162 Å². The number of nitro benzene ring substituents is 1. The van der Waals surface area contributed by atoms with Gasteiger partial charge in [-0.2, -0.15) is 0 Å². The summed E-state index contributed by atoms with van der Waals surface area (Å²) in [5, 5.41) is 36.2. The zero-order valence-electron chi connectivity index (χ0n) is 34.5. The number of carbonyl (C=O) groups excluding carboxylic acids is 1. The molecule has 2 N–H and O–H groups in total. The van der Waals surface area contributed by atoms with Gasteiger partial charge in [-0.3, -0.25) is 10.1 Å². The van der Waals surface area contributed by atoms with Gasteiger partial charge in [0.15, 0.2) is 0 Å². The lowest BCUT2D eigenvalue weighted by Crippen LogP contribution is -2.69. The van der Waals surface area contributed by atoms with Gasteiger partial charge >= 0.3 is 6.09 Å². The fourth-order valence-electron chi connectivity index (χ4n) is 8.73. The molecular formula is C46H57N3O10. The average Bonchev–Trinajstić information content (AvgIpc) is 3.22. The van der Waals surface area contributed by atoms with Crippen LogP contribution >= 0.6 is 0 Å². The summed E-state index contributed by atoms with van der Waals surface area (Å²) in [6.07, 6.45) is 7.97. The Balaban J connectivity index is 1.54. The van der Waals surface area contributed by atoms with Crippen LogP contribution in [0.4, 0.5) is 10.5 Å². The van der Waals surface area contributed by atoms with Crippen molar-refractivity contribution in [3.8, 4) is 17.2 Å². The molecule has 6 atom stereocenters. The van der Waals surface area contributed by atoms with Crippen molar-refractivity contribution in [2.75, 3.05) is 26.9 Å². The van der Waals surface area contributed by atoms with Gasteiger partial charge in [-0.1, -0.05) is 66.5 Å². The molecule has 1 saturated carbocycles. The first kappa shape index (κ1) is 43.3. The Kier molecular flexibility index (Phi) is 14.1. The minimum Gasteiger partial charge on any atom is -0.459 e. The molecular weight excluding hydrogens is 755 g/mol. The molecule has 0 aromatic heterocycles. The third-order valence-corrected chi connectivity index (χ3v) is 11.3. The van der Waals surface area contributed by atoms with Crippen molar-refractivity contribution in [1.82, 2.24) is 4.90 Å². The molecule has 1 amide bonds. The molecule has 0 radical (unpaired) electrons. The van der Waals surface area contributed by atoms with Crippen LogP contribution in [-0.2, 0) is 20.9 Å². The zero-order valence-corrected chi connectivity index (χ0v) is 34.5.